The van der Waals surface area contributed by atoms with Crippen molar-refractivity contribution in [2.45, 2.75) is 36.4 Å². The Morgan fingerprint density at radius 2 is 2.00 bits per heavy atom. The van der Waals surface area contributed by atoms with Crippen LogP contribution in [-0.2, 0) is 10.3 Å². The smallest absolute Gasteiger partial charge is 0.231 e. The number of thioether (sulfide) groups is 1. The van der Waals surface area contributed by atoms with Gasteiger partial charge >= 0.3 is 0 Å². The molecule has 162 valence electrons. The molecule has 2 aromatic heterocycles. The Labute approximate surface area is 188 Å². The first-order valence-electron chi connectivity index (χ1n) is 10.2. The molecular formula is C21H23N5O3S2. The number of aromatic nitrogens is 3. The van der Waals surface area contributed by atoms with Crippen molar-refractivity contribution < 1.29 is 14.3 Å². The standard InChI is InChI=1S/C21H23N5O3S2/c22-26-19(17-4-3-11-30-17)24-25-20(26)31-13-18(27)23-21(7-1-2-8-21)14-5-6-15-16(12-14)29-10-9-28-15/h3-6,11-12H,1-2,7-10,13,22H2,(H,23,27). The molecule has 2 aliphatic rings. The second-order valence-corrected chi connectivity index (χ2v) is 9.53. The summed E-state index contributed by atoms with van der Waals surface area (Å²) in [6, 6.07) is 9.87. The van der Waals surface area contributed by atoms with Crippen LogP contribution >= 0.6 is 23.1 Å². The lowest BCUT2D eigenvalue weighted by Gasteiger charge is -2.32. The van der Waals surface area contributed by atoms with Crippen molar-refractivity contribution in [1.82, 2.24) is 20.2 Å². The average Bonchev–Trinajstić information content (AvgIpc) is 3.54. The lowest BCUT2D eigenvalue weighted by molar-refractivity contribution is -0.120. The van der Waals surface area contributed by atoms with E-state index in [1.807, 2.05) is 35.7 Å². The molecule has 0 saturated heterocycles. The molecule has 1 fully saturated rings. The highest BCUT2D eigenvalue weighted by molar-refractivity contribution is 7.99. The normalized spacial score (nSPS) is 16.9. The van der Waals surface area contributed by atoms with E-state index in [0.717, 1.165) is 47.6 Å². The summed E-state index contributed by atoms with van der Waals surface area (Å²) in [6.45, 7) is 1.10. The van der Waals surface area contributed by atoms with E-state index in [9.17, 15) is 4.79 Å². The molecule has 0 bridgehead atoms. The fraction of sp³-hybridized carbons (Fsp3) is 0.381. The third kappa shape index (κ3) is 3.97. The van der Waals surface area contributed by atoms with E-state index < -0.39 is 0 Å². The molecule has 0 radical (unpaired) electrons. The summed E-state index contributed by atoms with van der Waals surface area (Å²) in [5.74, 6) is 8.41. The van der Waals surface area contributed by atoms with E-state index in [0.29, 0.717) is 24.2 Å². The van der Waals surface area contributed by atoms with Crippen molar-refractivity contribution in [1.29, 1.82) is 0 Å². The first kappa shape index (κ1) is 20.2. The summed E-state index contributed by atoms with van der Waals surface area (Å²) in [6.07, 6.45) is 3.95. The van der Waals surface area contributed by atoms with Gasteiger partial charge < -0.3 is 20.6 Å². The molecule has 10 heteroatoms. The first-order chi connectivity index (χ1) is 15.1. The van der Waals surface area contributed by atoms with Crippen LogP contribution in [0.1, 0.15) is 31.2 Å². The Morgan fingerprint density at radius 3 is 2.77 bits per heavy atom. The van der Waals surface area contributed by atoms with Crippen molar-refractivity contribution in [3.05, 3.63) is 41.3 Å². The maximum Gasteiger partial charge on any atom is 0.231 e. The van der Waals surface area contributed by atoms with Crippen LogP contribution in [0, 0.1) is 0 Å². The van der Waals surface area contributed by atoms with Gasteiger partial charge in [0.1, 0.15) is 13.2 Å². The number of nitrogens with two attached hydrogens (primary N) is 1. The molecule has 31 heavy (non-hydrogen) atoms. The topological polar surface area (TPSA) is 104 Å². The van der Waals surface area contributed by atoms with Crippen molar-refractivity contribution in [3.63, 3.8) is 0 Å². The predicted octanol–water partition coefficient (Wildman–Crippen LogP) is 3.17. The van der Waals surface area contributed by atoms with Gasteiger partial charge in [-0.3, -0.25) is 4.79 Å². The molecule has 1 aromatic carbocycles. The Bertz CT molecular complexity index is 1080. The Hall–Kier alpha value is -2.72. The number of nitrogen functional groups attached to an aromatic ring is 1. The second-order valence-electron chi connectivity index (χ2n) is 7.64. The van der Waals surface area contributed by atoms with Crippen molar-refractivity contribution in [3.8, 4) is 22.2 Å². The molecule has 3 N–H and O–H groups in total. The molecule has 0 spiro atoms. The molecule has 0 unspecified atom stereocenters. The lowest BCUT2D eigenvalue weighted by Crippen LogP contribution is -2.44. The largest absolute Gasteiger partial charge is 0.486 e. The molecule has 1 saturated carbocycles. The fourth-order valence-corrected chi connectivity index (χ4v) is 5.55. The zero-order valence-electron chi connectivity index (χ0n) is 16.9. The highest BCUT2D eigenvalue weighted by Gasteiger charge is 2.38. The van der Waals surface area contributed by atoms with Gasteiger partial charge in [0.15, 0.2) is 17.3 Å². The minimum Gasteiger partial charge on any atom is -0.486 e. The molecule has 5 rings (SSSR count). The Balaban J connectivity index is 1.28. The number of carbonyl (C=O) groups is 1. The van der Waals surface area contributed by atoms with E-state index >= 15 is 0 Å². The number of fused-ring (bicyclic) bond motifs is 1. The van der Waals surface area contributed by atoms with Gasteiger partial charge in [-0.1, -0.05) is 36.7 Å². The molecule has 1 aliphatic heterocycles. The van der Waals surface area contributed by atoms with Gasteiger partial charge in [-0.05, 0) is 42.0 Å². The van der Waals surface area contributed by atoms with E-state index in [1.54, 1.807) is 11.3 Å². The van der Waals surface area contributed by atoms with Gasteiger partial charge in [-0.2, -0.15) is 0 Å². The zero-order chi connectivity index (χ0) is 21.3. The molecule has 3 aromatic rings. The van der Waals surface area contributed by atoms with Crippen molar-refractivity contribution in [2.75, 3.05) is 24.8 Å². The summed E-state index contributed by atoms with van der Waals surface area (Å²) in [5, 5.41) is 14.1. The second kappa shape index (κ2) is 8.43. The number of rotatable bonds is 6. The summed E-state index contributed by atoms with van der Waals surface area (Å²) < 4.78 is 12.8. The number of nitrogens with zero attached hydrogens (tertiary/aromatic N) is 3. The Morgan fingerprint density at radius 1 is 1.19 bits per heavy atom. The van der Waals surface area contributed by atoms with Crippen LogP contribution < -0.4 is 20.6 Å². The first-order valence-corrected chi connectivity index (χ1v) is 12.1. The average molecular weight is 458 g/mol. The number of hydrogen-bond acceptors (Lipinski definition) is 8. The van der Waals surface area contributed by atoms with Crippen LogP contribution in [0.3, 0.4) is 0 Å². The number of ether oxygens (including phenoxy) is 2. The lowest BCUT2D eigenvalue weighted by atomic mass is 9.87. The van der Waals surface area contributed by atoms with Crippen LogP contribution in [0.5, 0.6) is 11.5 Å². The van der Waals surface area contributed by atoms with Crippen LogP contribution in [0.2, 0.25) is 0 Å². The van der Waals surface area contributed by atoms with Gasteiger partial charge in [0, 0.05) is 0 Å². The van der Waals surface area contributed by atoms with E-state index in [2.05, 4.69) is 15.5 Å². The quantitative estimate of drug-likeness (QED) is 0.433. The van der Waals surface area contributed by atoms with Gasteiger partial charge in [-0.25, -0.2) is 4.68 Å². The summed E-state index contributed by atoms with van der Waals surface area (Å²) in [4.78, 5) is 13.8. The number of thiophene rings is 1. The van der Waals surface area contributed by atoms with Gasteiger partial charge in [0.2, 0.25) is 11.1 Å². The van der Waals surface area contributed by atoms with E-state index in [4.69, 9.17) is 15.3 Å². The minimum absolute atomic E-state index is 0.0533. The maximum atomic E-state index is 12.9. The monoisotopic (exact) mass is 457 g/mol. The van der Waals surface area contributed by atoms with Gasteiger partial charge in [0.25, 0.3) is 0 Å². The summed E-state index contributed by atoms with van der Waals surface area (Å²) >= 11 is 2.83. The number of hydrogen-bond donors (Lipinski definition) is 2. The van der Waals surface area contributed by atoms with Crippen molar-refractivity contribution in [2.24, 2.45) is 0 Å². The third-order valence-electron chi connectivity index (χ3n) is 5.67. The number of benzene rings is 1. The van der Waals surface area contributed by atoms with Gasteiger partial charge in [0.05, 0.1) is 16.2 Å². The third-order valence-corrected chi connectivity index (χ3v) is 7.48. The maximum absolute atomic E-state index is 12.9. The zero-order valence-corrected chi connectivity index (χ0v) is 18.5. The van der Waals surface area contributed by atoms with Crippen LogP contribution in [0.15, 0.2) is 40.9 Å². The summed E-state index contributed by atoms with van der Waals surface area (Å²) in [7, 11) is 0. The fourth-order valence-electron chi connectivity index (χ4n) is 4.19. The predicted molar refractivity (Wildman–Crippen MR) is 120 cm³/mol. The van der Waals surface area contributed by atoms with Crippen LogP contribution in [0.4, 0.5) is 0 Å². The highest BCUT2D eigenvalue weighted by atomic mass is 32.2. The molecule has 0 atom stereocenters. The molecule has 1 aliphatic carbocycles. The number of nitrogens with one attached hydrogen (secondary N) is 1. The van der Waals surface area contributed by atoms with E-state index in [-0.39, 0.29) is 17.2 Å². The van der Waals surface area contributed by atoms with Crippen molar-refractivity contribution >= 4 is 29.0 Å². The highest BCUT2D eigenvalue weighted by Crippen LogP contribution is 2.42. The molecule has 1 amide bonds. The number of amides is 1. The van der Waals surface area contributed by atoms with E-state index in [1.165, 1.54) is 16.4 Å². The molecule has 3 heterocycles. The van der Waals surface area contributed by atoms with Gasteiger partial charge in [-0.15, -0.1) is 21.5 Å². The number of carbonyl (C=O) groups excluding carboxylic acids is 1. The summed E-state index contributed by atoms with van der Waals surface area (Å²) in [5.41, 5.74) is 0.681. The Kier molecular flexibility index (Phi) is 5.49. The molecule has 8 nitrogen and oxygen atoms in total. The van der Waals surface area contributed by atoms with Crippen LogP contribution in [0.25, 0.3) is 10.7 Å². The van der Waals surface area contributed by atoms with Crippen LogP contribution in [-0.4, -0.2) is 39.7 Å². The SMILES string of the molecule is Nn1c(SCC(=O)NC2(c3ccc4c(c3)OCCO4)CCCC2)nnc1-c1cccs1. The minimum atomic E-state index is -0.383. The molecular weight excluding hydrogens is 434 g/mol.